The number of carbonyl (C=O) groups excluding carboxylic acids is 4. The summed E-state index contributed by atoms with van der Waals surface area (Å²) in [4.78, 5) is 57.4. The van der Waals surface area contributed by atoms with Crippen LogP contribution in [0, 0.1) is 0 Å². The van der Waals surface area contributed by atoms with E-state index in [1.54, 1.807) is 66.7 Å². The Kier molecular flexibility index (Phi) is 7.29. The van der Waals surface area contributed by atoms with Gasteiger partial charge < -0.3 is 19.9 Å². The van der Waals surface area contributed by atoms with Crippen LogP contribution in [0.5, 0.6) is 5.75 Å². The molecular formula is C29H26N2O8. The highest BCUT2D eigenvalue weighted by atomic mass is 16.8. The molecular weight excluding hydrogens is 504 g/mol. The second kappa shape index (κ2) is 11.0. The van der Waals surface area contributed by atoms with Crippen LogP contribution >= 0.6 is 0 Å². The highest BCUT2D eigenvalue weighted by Gasteiger charge is 2.60. The summed E-state index contributed by atoms with van der Waals surface area (Å²) in [7, 11) is 0. The SMILES string of the molecule is O=C(Cc1ccccc1O)N[C@H]1CON(C2(C(=O)OC(c3ccccc3)c3ccccc3)CCC(=O)O2)C1=O. The number of rotatable bonds is 8. The minimum Gasteiger partial charge on any atom is -0.508 e. The average Bonchev–Trinajstić information content (AvgIpc) is 3.52. The van der Waals surface area contributed by atoms with Crippen molar-refractivity contribution in [2.75, 3.05) is 6.61 Å². The molecule has 0 saturated carbocycles. The molecule has 2 fully saturated rings. The van der Waals surface area contributed by atoms with E-state index in [9.17, 15) is 24.3 Å². The van der Waals surface area contributed by atoms with E-state index in [1.807, 2.05) is 12.1 Å². The van der Waals surface area contributed by atoms with E-state index in [0.29, 0.717) is 21.8 Å². The van der Waals surface area contributed by atoms with Gasteiger partial charge in [0.1, 0.15) is 18.4 Å². The molecule has 5 rings (SSSR count). The van der Waals surface area contributed by atoms with E-state index in [-0.39, 0.29) is 31.6 Å². The van der Waals surface area contributed by atoms with E-state index in [4.69, 9.17) is 14.3 Å². The molecule has 3 aromatic carbocycles. The standard InChI is InChI=1S/C29H26N2O8/c32-23-14-8-7-13-21(23)17-24(33)30-22-18-37-31(27(22)35)29(16-15-25(34)39-29)28(36)38-26(19-9-3-1-4-10-19)20-11-5-2-6-12-20/h1-14,22,26,32H,15-18H2,(H,30,33)/t22-,29?/m0/s1. The van der Waals surface area contributed by atoms with E-state index < -0.39 is 41.6 Å². The number of aromatic hydroxyl groups is 1. The Morgan fingerprint density at radius 2 is 1.59 bits per heavy atom. The highest BCUT2D eigenvalue weighted by Crippen LogP contribution is 2.37. The van der Waals surface area contributed by atoms with Gasteiger partial charge in [-0.3, -0.25) is 19.2 Å². The predicted octanol–water partition coefficient (Wildman–Crippen LogP) is 2.56. The number of hydroxylamine groups is 2. The molecule has 10 heteroatoms. The molecule has 0 aromatic heterocycles. The number of phenolic OH excluding ortho intramolecular Hbond substituents is 1. The summed E-state index contributed by atoms with van der Waals surface area (Å²) in [5.41, 5.74) is -0.400. The maximum absolute atomic E-state index is 13.7. The van der Waals surface area contributed by atoms with Crippen LogP contribution in [0.3, 0.4) is 0 Å². The molecule has 2 aliphatic heterocycles. The van der Waals surface area contributed by atoms with Gasteiger partial charge in [0.2, 0.25) is 5.91 Å². The quantitative estimate of drug-likeness (QED) is 0.425. The molecule has 0 bridgehead atoms. The normalized spacial score (nSPS) is 20.6. The van der Waals surface area contributed by atoms with Crippen LogP contribution in [0.25, 0.3) is 0 Å². The average molecular weight is 531 g/mol. The molecule has 2 amide bonds. The first-order valence-corrected chi connectivity index (χ1v) is 12.4. The van der Waals surface area contributed by atoms with Gasteiger partial charge in [-0.1, -0.05) is 78.9 Å². The number of phenols is 1. The van der Waals surface area contributed by atoms with Crippen molar-refractivity contribution in [1.82, 2.24) is 10.4 Å². The van der Waals surface area contributed by atoms with Gasteiger partial charge >= 0.3 is 17.7 Å². The van der Waals surface area contributed by atoms with Crippen LogP contribution in [0.1, 0.15) is 35.6 Å². The number of nitrogens with one attached hydrogen (secondary N) is 1. The van der Waals surface area contributed by atoms with Crippen molar-refractivity contribution in [3.8, 4) is 5.75 Å². The van der Waals surface area contributed by atoms with Gasteiger partial charge in [-0.2, -0.15) is 5.06 Å². The van der Waals surface area contributed by atoms with Gasteiger partial charge in [-0.05, 0) is 17.2 Å². The van der Waals surface area contributed by atoms with E-state index >= 15 is 0 Å². The number of cyclic esters (lactones) is 1. The second-order valence-corrected chi connectivity index (χ2v) is 9.22. The van der Waals surface area contributed by atoms with Crippen LogP contribution in [0.4, 0.5) is 0 Å². The topological polar surface area (TPSA) is 131 Å². The number of ether oxygens (including phenoxy) is 2. The molecule has 2 aliphatic rings. The molecule has 0 radical (unpaired) electrons. The molecule has 1 unspecified atom stereocenters. The minimum absolute atomic E-state index is 0.0470. The summed E-state index contributed by atoms with van der Waals surface area (Å²) in [6.45, 7) is -0.279. The van der Waals surface area contributed by atoms with Crippen LogP contribution in [-0.2, 0) is 39.9 Å². The fourth-order valence-corrected chi connectivity index (χ4v) is 4.60. The first kappa shape index (κ1) is 25.9. The minimum atomic E-state index is -2.15. The Bertz CT molecular complexity index is 1340. The third-order valence-corrected chi connectivity index (χ3v) is 6.57. The van der Waals surface area contributed by atoms with Crippen LogP contribution in [0.2, 0.25) is 0 Å². The van der Waals surface area contributed by atoms with E-state index in [2.05, 4.69) is 5.32 Å². The van der Waals surface area contributed by atoms with Crippen LogP contribution in [0.15, 0.2) is 84.9 Å². The Labute approximate surface area is 224 Å². The number of hydrogen-bond acceptors (Lipinski definition) is 8. The maximum Gasteiger partial charge on any atom is 0.376 e. The summed E-state index contributed by atoms with van der Waals surface area (Å²) >= 11 is 0. The number of nitrogens with zero attached hydrogens (tertiary/aromatic N) is 1. The lowest BCUT2D eigenvalue weighted by Crippen LogP contribution is -2.57. The zero-order valence-electron chi connectivity index (χ0n) is 20.8. The number of carbonyl (C=O) groups is 4. The number of amides is 2. The van der Waals surface area contributed by atoms with E-state index in [1.165, 1.54) is 6.07 Å². The van der Waals surface area contributed by atoms with Crippen LogP contribution < -0.4 is 5.32 Å². The van der Waals surface area contributed by atoms with Crippen LogP contribution in [-0.4, -0.2) is 52.3 Å². The lowest BCUT2D eigenvalue weighted by Gasteiger charge is -2.34. The molecule has 10 nitrogen and oxygen atoms in total. The Morgan fingerprint density at radius 3 is 2.18 bits per heavy atom. The largest absolute Gasteiger partial charge is 0.508 e. The lowest BCUT2D eigenvalue weighted by molar-refractivity contribution is -0.260. The molecule has 0 aliphatic carbocycles. The fraction of sp³-hybridized carbons (Fsp3) is 0.241. The van der Waals surface area contributed by atoms with Crippen molar-refractivity contribution in [3.05, 3.63) is 102 Å². The van der Waals surface area contributed by atoms with Gasteiger partial charge in [-0.25, -0.2) is 4.79 Å². The lowest BCUT2D eigenvalue weighted by atomic mass is 10.0. The van der Waals surface area contributed by atoms with Crippen molar-refractivity contribution in [2.45, 2.75) is 37.1 Å². The third-order valence-electron chi connectivity index (χ3n) is 6.57. The van der Waals surface area contributed by atoms with Crippen molar-refractivity contribution in [1.29, 1.82) is 0 Å². The third kappa shape index (κ3) is 5.32. The first-order valence-electron chi connectivity index (χ1n) is 12.4. The van der Waals surface area contributed by atoms with Gasteiger partial charge in [-0.15, -0.1) is 0 Å². The summed E-state index contributed by atoms with van der Waals surface area (Å²) in [6.07, 6.45) is -1.32. The van der Waals surface area contributed by atoms with Gasteiger partial charge in [0, 0.05) is 12.0 Å². The molecule has 0 spiro atoms. The summed E-state index contributed by atoms with van der Waals surface area (Å²) in [6, 6.07) is 23.3. The molecule has 39 heavy (non-hydrogen) atoms. The Hall–Kier alpha value is -4.70. The van der Waals surface area contributed by atoms with Gasteiger partial charge in [0.25, 0.3) is 5.91 Å². The zero-order valence-corrected chi connectivity index (χ0v) is 20.8. The van der Waals surface area contributed by atoms with E-state index in [0.717, 1.165) is 0 Å². The smallest absolute Gasteiger partial charge is 0.376 e. The number of benzene rings is 3. The summed E-state index contributed by atoms with van der Waals surface area (Å²) in [5.74, 6) is -3.00. The predicted molar refractivity (Wildman–Crippen MR) is 135 cm³/mol. The molecule has 2 atom stereocenters. The Balaban J connectivity index is 1.36. The summed E-state index contributed by atoms with van der Waals surface area (Å²) < 4.78 is 11.3. The molecule has 200 valence electrons. The fourth-order valence-electron chi connectivity index (χ4n) is 4.60. The van der Waals surface area contributed by atoms with Crippen molar-refractivity contribution >= 4 is 23.8 Å². The molecule has 2 heterocycles. The summed E-state index contributed by atoms with van der Waals surface area (Å²) in [5, 5.41) is 13.2. The van der Waals surface area contributed by atoms with Crippen molar-refractivity contribution in [3.63, 3.8) is 0 Å². The molecule has 2 saturated heterocycles. The highest BCUT2D eigenvalue weighted by molar-refractivity contribution is 5.95. The number of esters is 2. The molecule has 3 aromatic rings. The van der Waals surface area contributed by atoms with Crippen molar-refractivity contribution < 1.29 is 38.6 Å². The molecule has 2 N–H and O–H groups in total. The zero-order chi connectivity index (χ0) is 27.4. The van der Waals surface area contributed by atoms with Gasteiger partial charge in [0.05, 0.1) is 12.8 Å². The number of para-hydroxylation sites is 1. The first-order chi connectivity index (χ1) is 18.9. The maximum atomic E-state index is 13.7. The van der Waals surface area contributed by atoms with Crippen molar-refractivity contribution in [2.24, 2.45) is 0 Å². The number of hydrogen-bond donors (Lipinski definition) is 2. The van der Waals surface area contributed by atoms with Gasteiger partial charge in [0.15, 0.2) is 6.10 Å². The monoisotopic (exact) mass is 530 g/mol. The Morgan fingerprint density at radius 1 is 0.974 bits per heavy atom. The second-order valence-electron chi connectivity index (χ2n) is 9.22.